The van der Waals surface area contributed by atoms with Gasteiger partial charge in [-0.1, -0.05) is 29.8 Å². The first-order valence-electron chi connectivity index (χ1n) is 9.05. The predicted octanol–water partition coefficient (Wildman–Crippen LogP) is 3.79. The fraction of sp³-hybridized carbons (Fsp3) is 0.450. The van der Waals surface area contributed by atoms with Crippen molar-refractivity contribution >= 4 is 16.9 Å². The summed E-state index contributed by atoms with van der Waals surface area (Å²) >= 11 is 0. The number of nitrogens with one attached hydrogen (secondary N) is 2. The van der Waals surface area contributed by atoms with Crippen LogP contribution in [0.5, 0.6) is 0 Å². The Balaban J connectivity index is 1.61. The van der Waals surface area contributed by atoms with E-state index < -0.39 is 0 Å². The fourth-order valence-electron chi connectivity index (χ4n) is 2.92. The Hall–Kier alpha value is -2.27. The van der Waals surface area contributed by atoms with Crippen LogP contribution in [0, 0.1) is 0 Å². The zero-order valence-corrected chi connectivity index (χ0v) is 15.0. The van der Waals surface area contributed by atoms with Crippen molar-refractivity contribution in [3.63, 3.8) is 0 Å². The Morgan fingerprint density at radius 3 is 2.96 bits per heavy atom. The highest BCUT2D eigenvalue weighted by atomic mass is 16.5. The van der Waals surface area contributed by atoms with Crippen LogP contribution in [0.25, 0.3) is 11.0 Å². The molecule has 0 bridgehead atoms. The van der Waals surface area contributed by atoms with Crippen molar-refractivity contribution in [2.45, 2.75) is 32.7 Å². The highest BCUT2D eigenvalue weighted by molar-refractivity contribution is 5.81. The standard InChI is InChI=1S/C20H27N3O2/c1-3-21-20(22-11-8-16-9-12-24-13-10-16)23-15(2)19-14-17-6-4-5-7-18(17)25-19/h4-7,9,14-15H,3,8,10-13H2,1-2H3,(H2,21,22,23). The summed E-state index contributed by atoms with van der Waals surface area (Å²) < 4.78 is 11.3. The number of hydrogen-bond donors (Lipinski definition) is 2. The molecule has 2 heterocycles. The summed E-state index contributed by atoms with van der Waals surface area (Å²) in [5, 5.41) is 7.87. The number of aliphatic imine (C=N–C) groups is 1. The summed E-state index contributed by atoms with van der Waals surface area (Å²) in [4.78, 5) is 4.70. The van der Waals surface area contributed by atoms with Crippen molar-refractivity contribution < 1.29 is 9.15 Å². The van der Waals surface area contributed by atoms with Gasteiger partial charge in [0.1, 0.15) is 11.3 Å². The van der Waals surface area contributed by atoms with Crippen LogP contribution in [0.3, 0.4) is 0 Å². The second-order valence-electron chi connectivity index (χ2n) is 6.25. The summed E-state index contributed by atoms with van der Waals surface area (Å²) in [5.41, 5.74) is 2.36. The molecule has 0 amide bonds. The lowest BCUT2D eigenvalue weighted by molar-refractivity contribution is 0.153. The molecule has 0 fully saturated rings. The molecule has 1 atom stereocenters. The summed E-state index contributed by atoms with van der Waals surface area (Å²) in [6.07, 6.45) is 4.18. The maximum Gasteiger partial charge on any atom is 0.191 e. The fourth-order valence-corrected chi connectivity index (χ4v) is 2.92. The Kier molecular flexibility index (Phi) is 6.12. The van der Waals surface area contributed by atoms with Crippen LogP contribution >= 0.6 is 0 Å². The monoisotopic (exact) mass is 341 g/mol. The van der Waals surface area contributed by atoms with E-state index in [9.17, 15) is 0 Å². The van der Waals surface area contributed by atoms with E-state index in [1.165, 1.54) is 5.57 Å². The average molecular weight is 341 g/mol. The van der Waals surface area contributed by atoms with Gasteiger partial charge in [0.15, 0.2) is 5.96 Å². The van der Waals surface area contributed by atoms with Crippen LogP contribution in [0.2, 0.25) is 0 Å². The number of benzene rings is 1. The lowest BCUT2D eigenvalue weighted by atomic mass is 10.1. The van der Waals surface area contributed by atoms with Gasteiger partial charge in [-0.25, -0.2) is 0 Å². The Bertz CT molecular complexity index is 715. The lowest BCUT2D eigenvalue weighted by Gasteiger charge is -2.17. The number of ether oxygens (including phenoxy) is 1. The van der Waals surface area contributed by atoms with E-state index in [1.807, 2.05) is 18.2 Å². The molecule has 3 rings (SSSR count). The van der Waals surface area contributed by atoms with Crippen molar-refractivity contribution in [3.8, 4) is 0 Å². The molecule has 2 N–H and O–H groups in total. The maximum absolute atomic E-state index is 5.94. The van der Waals surface area contributed by atoms with Crippen molar-refractivity contribution in [3.05, 3.63) is 47.7 Å². The third-order valence-corrected chi connectivity index (χ3v) is 4.33. The van der Waals surface area contributed by atoms with Crippen LogP contribution in [0.15, 0.2) is 51.4 Å². The molecule has 134 valence electrons. The van der Waals surface area contributed by atoms with Crippen molar-refractivity contribution in [2.24, 2.45) is 4.99 Å². The number of fused-ring (bicyclic) bond motifs is 1. The summed E-state index contributed by atoms with van der Waals surface area (Å²) in [5.74, 6) is 1.74. The minimum absolute atomic E-state index is 0.0486. The van der Waals surface area contributed by atoms with Gasteiger partial charge in [-0.15, -0.1) is 0 Å². The largest absolute Gasteiger partial charge is 0.459 e. The topological polar surface area (TPSA) is 58.8 Å². The summed E-state index contributed by atoms with van der Waals surface area (Å²) in [6, 6.07) is 10.2. The number of rotatable bonds is 6. The first kappa shape index (κ1) is 17.5. The number of furan rings is 1. The molecule has 1 aliphatic rings. The van der Waals surface area contributed by atoms with Gasteiger partial charge >= 0.3 is 0 Å². The van der Waals surface area contributed by atoms with Crippen LogP contribution < -0.4 is 10.6 Å². The molecule has 2 aromatic rings. The Labute approximate surface area is 149 Å². The molecular formula is C20H27N3O2. The predicted molar refractivity (Wildman–Crippen MR) is 102 cm³/mol. The third-order valence-electron chi connectivity index (χ3n) is 4.33. The van der Waals surface area contributed by atoms with Gasteiger partial charge in [0.25, 0.3) is 0 Å². The molecule has 5 heteroatoms. The molecule has 0 spiro atoms. The van der Waals surface area contributed by atoms with Crippen LogP contribution in [0.4, 0.5) is 0 Å². The molecule has 0 radical (unpaired) electrons. The highest BCUT2D eigenvalue weighted by Gasteiger charge is 2.13. The number of hydrogen-bond acceptors (Lipinski definition) is 3. The van der Waals surface area contributed by atoms with Crippen LogP contribution in [-0.4, -0.2) is 32.3 Å². The van der Waals surface area contributed by atoms with E-state index >= 15 is 0 Å². The van der Waals surface area contributed by atoms with Gasteiger partial charge in [0, 0.05) is 18.5 Å². The van der Waals surface area contributed by atoms with E-state index in [0.29, 0.717) is 0 Å². The van der Waals surface area contributed by atoms with Gasteiger partial charge in [0.05, 0.1) is 19.3 Å². The molecule has 0 saturated heterocycles. The van der Waals surface area contributed by atoms with Crippen molar-refractivity contribution in [1.29, 1.82) is 0 Å². The molecule has 1 unspecified atom stereocenters. The first-order chi connectivity index (χ1) is 12.3. The SMILES string of the molecule is CCNC(=NCCC1=CCOCC1)NC(C)c1cc2ccccc2o1. The molecular weight excluding hydrogens is 314 g/mol. The van der Waals surface area contributed by atoms with Gasteiger partial charge < -0.3 is 19.8 Å². The second kappa shape index (κ2) is 8.72. The van der Waals surface area contributed by atoms with Crippen LogP contribution in [0.1, 0.15) is 38.5 Å². The van der Waals surface area contributed by atoms with Crippen LogP contribution in [-0.2, 0) is 4.74 Å². The molecule has 1 aliphatic heterocycles. The number of nitrogens with zero attached hydrogens (tertiary/aromatic N) is 1. The quantitative estimate of drug-likeness (QED) is 0.477. The second-order valence-corrected chi connectivity index (χ2v) is 6.25. The Morgan fingerprint density at radius 2 is 2.20 bits per heavy atom. The molecule has 25 heavy (non-hydrogen) atoms. The van der Waals surface area contributed by atoms with E-state index in [0.717, 1.165) is 61.8 Å². The number of guanidine groups is 1. The van der Waals surface area contributed by atoms with E-state index in [4.69, 9.17) is 14.1 Å². The summed E-state index contributed by atoms with van der Waals surface area (Å²) in [7, 11) is 0. The minimum Gasteiger partial charge on any atom is -0.459 e. The normalized spacial score (nSPS) is 16.6. The van der Waals surface area contributed by atoms with E-state index in [-0.39, 0.29) is 6.04 Å². The zero-order chi connectivity index (χ0) is 17.5. The Morgan fingerprint density at radius 1 is 1.32 bits per heavy atom. The maximum atomic E-state index is 5.94. The number of para-hydroxylation sites is 1. The van der Waals surface area contributed by atoms with Gasteiger partial charge in [0.2, 0.25) is 0 Å². The molecule has 1 aromatic carbocycles. The van der Waals surface area contributed by atoms with Crippen molar-refractivity contribution in [1.82, 2.24) is 10.6 Å². The zero-order valence-electron chi connectivity index (χ0n) is 15.0. The lowest BCUT2D eigenvalue weighted by Crippen LogP contribution is -2.38. The van der Waals surface area contributed by atoms with Gasteiger partial charge in [-0.05, 0) is 38.8 Å². The third kappa shape index (κ3) is 4.86. The van der Waals surface area contributed by atoms with Crippen molar-refractivity contribution in [2.75, 3.05) is 26.3 Å². The molecule has 1 aromatic heterocycles. The smallest absolute Gasteiger partial charge is 0.191 e. The van der Waals surface area contributed by atoms with E-state index in [2.05, 4.69) is 42.7 Å². The molecule has 0 aliphatic carbocycles. The average Bonchev–Trinajstić information content (AvgIpc) is 3.07. The molecule has 0 saturated carbocycles. The highest BCUT2D eigenvalue weighted by Crippen LogP contribution is 2.23. The van der Waals surface area contributed by atoms with Gasteiger partial charge in [-0.3, -0.25) is 4.99 Å². The molecule has 5 nitrogen and oxygen atoms in total. The first-order valence-corrected chi connectivity index (χ1v) is 9.05. The van der Waals surface area contributed by atoms with Gasteiger partial charge in [-0.2, -0.15) is 0 Å². The van der Waals surface area contributed by atoms with E-state index in [1.54, 1.807) is 0 Å². The minimum atomic E-state index is 0.0486. The summed E-state index contributed by atoms with van der Waals surface area (Å²) in [6.45, 7) is 7.33.